The summed E-state index contributed by atoms with van der Waals surface area (Å²) in [5, 5.41) is 25.9. The van der Waals surface area contributed by atoms with Crippen molar-refractivity contribution in [3.63, 3.8) is 0 Å². The average molecular weight is 490 g/mol. The summed E-state index contributed by atoms with van der Waals surface area (Å²) >= 11 is 0. The molecule has 9 heteroatoms. The zero-order chi connectivity index (χ0) is 25.8. The first-order chi connectivity index (χ1) is 16.2. The number of rotatable bonds is 6. The van der Waals surface area contributed by atoms with Gasteiger partial charge < -0.3 is 19.6 Å². The summed E-state index contributed by atoms with van der Waals surface area (Å²) < 4.78 is 44.4. The molecule has 0 bridgehead atoms. The summed E-state index contributed by atoms with van der Waals surface area (Å²) in [7, 11) is 1.98. The molecule has 1 aliphatic rings. The highest BCUT2D eigenvalue weighted by atomic mass is 19.4. The predicted molar refractivity (Wildman–Crippen MR) is 124 cm³/mol. The Morgan fingerprint density at radius 1 is 1.03 bits per heavy atom. The average Bonchev–Trinajstić information content (AvgIpc) is 3.28. The summed E-state index contributed by atoms with van der Waals surface area (Å²) in [6.45, 7) is 8.09. The van der Waals surface area contributed by atoms with Gasteiger partial charge in [-0.1, -0.05) is 68.4 Å². The van der Waals surface area contributed by atoms with E-state index >= 15 is 0 Å². The molecule has 2 atom stereocenters. The van der Waals surface area contributed by atoms with Gasteiger partial charge in [-0.15, -0.1) is 0 Å². The van der Waals surface area contributed by atoms with Crippen LogP contribution in [0, 0.1) is 5.41 Å². The van der Waals surface area contributed by atoms with Crippen LogP contribution in [-0.2, 0) is 11.2 Å². The lowest BCUT2D eigenvalue weighted by molar-refractivity contribution is -0.267. The molecule has 0 spiro atoms. The fourth-order valence-electron chi connectivity index (χ4n) is 4.89. The summed E-state index contributed by atoms with van der Waals surface area (Å²) in [5.74, 6) is -0.718. The second kappa shape index (κ2) is 8.43. The van der Waals surface area contributed by atoms with E-state index in [2.05, 4.69) is 28.9 Å². The van der Waals surface area contributed by atoms with Crippen LogP contribution < -0.4 is 0 Å². The molecule has 2 heterocycles. The molecule has 1 aromatic heterocycles. The lowest BCUT2D eigenvalue weighted by Crippen LogP contribution is -2.63. The first-order valence-electron chi connectivity index (χ1n) is 11.4. The summed E-state index contributed by atoms with van der Waals surface area (Å²) in [5.41, 5.74) is -2.36. The van der Waals surface area contributed by atoms with E-state index < -0.39 is 28.7 Å². The SMILES string of the molecule is CC(C)c1ccc([C@](O)(c2cccc(-c3noc(C(C)(O)C(F)(F)F)n3)c2)C2(C)CN(C)C2)cc1. The number of aliphatic hydroxyl groups is 2. The molecule has 1 saturated heterocycles. The second-order valence-corrected chi connectivity index (χ2v) is 10.3. The number of nitrogens with zero attached hydrogens (tertiary/aromatic N) is 3. The molecule has 35 heavy (non-hydrogen) atoms. The Labute approximate surface area is 202 Å². The Kier molecular flexibility index (Phi) is 6.10. The minimum absolute atomic E-state index is 0.111. The van der Waals surface area contributed by atoms with Gasteiger partial charge in [-0.05, 0) is 42.6 Å². The second-order valence-electron chi connectivity index (χ2n) is 10.3. The molecule has 188 valence electrons. The van der Waals surface area contributed by atoms with E-state index in [1.54, 1.807) is 24.3 Å². The van der Waals surface area contributed by atoms with Gasteiger partial charge in [0.1, 0.15) is 5.60 Å². The Morgan fingerprint density at radius 2 is 1.66 bits per heavy atom. The highest BCUT2D eigenvalue weighted by Gasteiger charge is 2.56. The third kappa shape index (κ3) is 4.15. The number of alkyl halides is 3. The number of hydrogen-bond donors (Lipinski definition) is 2. The molecular formula is C26H30F3N3O3. The monoisotopic (exact) mass is 489 g/mol. The van der Waals surface area contributed by atoms with E-state index in [1.165, 1.54) is 0 Å². The highest BCUT2D eigenvalue weighted by molar-refractivity contribution is 5.58. The van der Waals surface area contributed by atoms with E-state index in [0.717, 1.165) is 11.1 Å². The van der Waals surface area contributed by atoms with Crippen LogP contribution in [-0.4, -0.2) is 51.6 Å². The van der Waals surface area contributed by atoms with Crippen molar-refractivity contribution in [3.8, 4) is 11.4 Å². The highest BCUT2D eigenvalue weighted by Crippen LogP contribution is 2.50. The van der Waals surface area contributed by atoms with Crippen molar-refractivity contribution in [2.45, 2.75) is 51.0 Å². The molecule has 2 aromatic carbocycles. The van der Waals surface area contributed by atoms with Crippen LogP contribution in [0.2, 0.25) is 0 Å². The van der Waals surface area contributed by atoms with Crippen LogP contribution in [0.5, 0.6) is 0 Å². The standard InChI is InChI=1S/C26H30F3N3O3/c1-16(2)17-9-11-19(12-10-17)25(34,23(3)14-32(5)15-23)20-8-6-7-18(13-20)21-30-22(35-31-21)24(4,33)26(27,28)29/h6-13,16,33-34H,14-15H2,1-5H3/t24?,25-/m0/s1. The molecule has 1 aliphatic heterocycles. The van der Waals surface area contributed by atoms with E-state index in [1.807, 2.05) is 38.2 Å². The van der Waals surface area contributed by atoms with Crippen molar-refractivity contribution in [3.05, 3.63) is 71.1 Å². The number of aromatic nitrogens is 2. The van der Waals surface area contributed by atoms with Crippen molar-refractivity contribution < 1.29 is 27.9 Å². The fraction of sp³-hybridized carbons (Fsp3) is 0.462. The topological polar surface area (TPSA) is 82.6 Å². The van der Waals surface area contributed by atoms with Crippen LogP contribution in [0.3, 0.4) is 0 Å². The van der Waals surface area contributed by atoms with Crippen LogP contribution in [0.15, 0.2) is 53.1 Å². The molecule has 0 radical (unpaired) electrons. The molecular weight excluding hydrogens is 459 g/mol. The summed E-state index contributed by atoms with van der Waals surface area (Å²) in [6, 6.07) is 14.6. The van der Waals surface area contributed by atoms with Crippen molar-refractivity contribution >= 4 is 0 Å². The van der Waals surface area contributed by atoms with Crippen molar-refractivity contribution in [1.82, 2.24) is 15.0 Å². The van der Waals surface area contributed by atoms with Crippen molar-refractivity contribution in [1.29, 1.82) is 0 Å². The minimum Gasteiger partial charge on any atom is -0.380 e. The minimum atomic E-state index is -4.98. The first kappa shape index (κ1) is 25.3. The third-order valence-corrected chi connectivity index (χ3v) is 7.04. The molecule has 1 fully saturated rings. The van der Waals surface area contributed by atoms with Gasteiger partial charge in [0.15, 0.2) is 0 Å². The molecule has 6 nitrogen and oxygen atoms in total. The Bertz CT molecular complexity index is 1200. The van der Waals surface area contributed by atoms with Gasteiger partial charge in [0.25, 0.3) is 5.89 Å². The van der Waals surface area contributed by atoms with E-state index in [9.17, 15) is 23.4 Å². The molecule has 3 aromatic rings. The zero-order valence-electron chi connectivity index (χ0n) is 20.4. The van der Waals surface area contributed by atoms with Crippen LogP contribution in [0.4, 0.5) is 13.2 Å². The molecule has 0 amide bonds. The number of likely N-dealkylation sites (tertiary alicyclic amines) is 1. The maximum Gasteiger partial charge on any atom is 0.426 e. The zero-order valence-corrected chi connectivity index (χ0v) is 20.4. The first-order valence-corrected chi connectivity index (χ1v) is 11.4. The Hall–Kier alpha value is -2.75. The molecule has 2 N–H and O–H groups in total. The van der Waals surface area contributed by atoms with E-state index in [0.29, 0.717) is 37.1 Å². The number of benzene rings is 2. The van der Waals surface area contributed by atoms with Crippen molar-refractivity contribution in [2.24, 2.45) is 5.41 Å². The summed E-state index contributed by atoms with van der Waals surface area (Å²) in [6.07, 6.45) is -4.98. The largest absolute Gasteiger partial charge is 0.426 e. The van der Waals surface area contributed by atoms with Gasteiger partial charge in [0.2, 0.25) is 11.4 Å². The normalized spacial score (nSPS) is 19.7. The quantitative estimate of drug-likeness (QED) is 0.517. The van der Waals surface area contributed by atoms with Gasteiger partial charge in [0.05, 0.1) is 0 Å². The van der Waals surface area contributed by atoms with Gasteiger partial charge in [-0.25, -0.2) is 0 Å². The maximum atomic E-state index is 13.2. The number of halogens is 3. The molecule has 1 unspecified atom stereocenters. The van der Waals surface area contributed by atoms with Crippen LogP contribution >= 0.6 is 0 Å². The Balaban J connectivity index is 1.79. The molecule has 0 aliphatic carbocycles. The van der Waals surface area contributed by atoms with Crippen LogP contribution in [0.25, 0.3) is 11.4 Å². The van der Waals surface area contributed by atoms with Crippen molar-refractivity contribution in [2.75, 3.05) is 20.1 Å². The van der Waals surface area contributed by atoms with Gasteiger partial charge in [-0.3, -0.25) is 0 Å². The Morgan fingerprint density at radius 3 is 2.20 bits per heavy atom. The van der Waals surface area contributed by atoms with E-state index in [4.69, 9.17) is 4.52 Å². The fourth-order valence-corrected chi connectivity index (χ4v) is 4.89. The molecule has 4 rings (SSSR count). The van der Waals surface area contributed by atoms with E-state index in [-0.39, 0.29) is 5.82 Å². The lowest BCUT2D eigenvalue weighted by atomic mass is 9.62. The molecule has 0 saturated carbocycles. The predicted octanol–water partition coefficient (Wildman–Crippen LogP) is 4.82. The maximum absolute atomic E-state index is 13.2. The smallest absolute Gasteiger partial charge is 0.380 e. The van der Waals surface area contributed by atoms with Gasteiger partial charge >= 0.3 is 6.18 Å². The lowest BCUT2D eigenvalue weighted by Gasteiger charge is -2.56. The summed E-state index contributed by atoms with van der Waals surface area (Å²) in [4.78, 5) is 5.93. The third-order valence-electron chi connectivity index (χ3n) is 7.04. The number of hydrogen-bond acceptors (Lipinski definition) is 6. The van der Waals surface area contributed by atoms with Gasteiger partial charge in [-0.2, -0.15) is 18.2 Å². The van der Waals surface area contributed by atoms with Gasteiger partial charge in [0, 0.05) is 24.1 Å². The van der Waals surface area contributed by atoms with Crippen LogP contribution in [0.1, 0.15) is 56.2 Å².